The number of carboxylic acids is 1. The molecule has 9 rings (SSSR count). The van der Waals surface area contributed by atoms with E-state index >= 15 is 0 Å². The predicted octanol–water partition coefficient (Wildman–Crippen LogP) is 4.87. The molecule has 28 heteroatoms. The number of aromatic nitrogens is 2. The highest BCUT2D eigenvalue weighted by Crippen LogP contribution is 2.31. The molecule has 0 unspecified atom stereocenters. The van der Waals surface area contributed by atoms with Crippen LogP contribution in [0.1, 0.15) is 88.4 Å². The van der Waals surface area contributed by atoms with Crippen molar-refractivity contribution < 1.29 is 100.0 Å². The summed E-state index contributed by atoms with van der Waals surface area (Å²) in [7, 11) is 5.53. The van der Waals surface area contributed by atoms with E-state index in [0.29, 0.717) is 37.6 Å². The maximum Gasteiger partial charge on any atom is 0.408 e. The largest absolute Gasteiger partial charge is 0.481 e. The second kappa shape index (κ2) is 38.7. The minimum absolute atomic E-state index is 0.00588. The fourth-order valence-electron chi connectivity index (χ4n) is 9.95. The van der Waals surface area contributed by atoms with Crippen LogP contribution in [0.3, 0.4) is 0 Å². The van der Waals surface area contributed by atoms with E-state index in [0.717, 1.165) is 22.3 Å². The first-order valence-electron chi connectivity index (χ1n) is 32.2. The molecule has 0 spiro atoms. The van der Waals surface area contributed by atoms with Crippen molar-refractivity contribution in [2.45, 2.75) is 120 Å². The molecule has 5 heterocycles. The van der Waals surface area contributed by atoms with Crippen LogP contribution in [0, 0.1) is 25.7 Å². The number of hydrogen-bond donors (Lipinski definition) is 6. The van der Waals surface area contributed by atoms with E-state index in [-0.39, 0.29) is 87.6 Å². The fraction of sp³-hybridized carbons (Fsp3) is 0.444. The van der Waals surface area contributed by atoms with Crippen LogP contribution in [0.2, 0.25) is 0 Å². The van der Waals surface area contributed by atoms with Gasteiger partial charge in [0, 0.05) is 53.4 Å². The number of ether oxygens (including phenoxy) is 8. The van der Waals surface area contributed by atoms with Crippen LogP contribution in [0.15, 0.2) is 143 Å². The number of rotatable bonds is 36. The lowest BCUT2D eigenvalue weighted by Crippen LogP contribution is -2.51. The molecule has 538 valence electrons. The zero-order valence-electron chi connectivity index (χ0n) is 57.5. The number of nitrogens with zero attached hydrogens (tertiary/aromatic N) is 2. The average Bonchev–Trinajstić information content (AvgIpc) is 1.66. The van der Waals surface area contributed by atoms with Crippen molar-refractivity contribution in [3.05, 3.63) is 179 Å². The van der Waals surface area contributed by atoms with E-state index in [9.17, 15) is 47.9 Å². The molecule has 4 amide bonds. The van der Waals surface area contributed by atoms with Gasteiger partial charge in [0.25, 0.3) is 11.8 Å². The van der Waals surface area contributed by atoms with Gasteiger partial charge in [-0.2, -0.15) is 0 Å². The monoisotopic (exact) mass is 1390 g/mol. The van der Waals surface area contributed by atoms with Crippen LogP contribution in [0.5, 0.6) is 0 Å². The van der Waals surface area contributed by atoms with Gasteiger partial charge in [-0.1, -0.05) is 132 Å². The van der Waals surface area contributed by atoms with E-state index in [2.05, 4.69) is 31.6 Å². The Morgan fingerprint density at radius 2 is 0.830 bits per heavy atom. The number of nitrogens with one attached hydrogen (secondary N) is 4. The Morgan fingerprint density at radius 1 is 0.480 bits per heavy atom. The molecule has 28 nitrogen and oxygen atoms in total. The molecule has 2 aromatic heterocycles. The van der Waals surface area contributed by atoms with Gasteiger partial charge in [0.1, 0.15) is 47.0 Å². The maximum absolute atomic E-state index is 13.3. The van der Waals surface area contributed by atoms with Gasteiger partial charge >= 0.3 is 12.1 Å². The zero-order chi connectivity index (χ0) is 73.0. The lowest BCUT2D eigenvalue weighted by molar-refractivity contribution is -0.146. The van der Waals surface area contributed by atoms with E-state index in [1.165, 1.54) is 40.6 Å². The Kier molecular flexibility index (Phi) is 30.8. The predicted molar refractivity (Wildman–Crippen MR) is 358 cm³/mol. The van der Waals surface area contributed by atoms with E-state index in [4.69, 9.17) is 57.8 Å². The van der Waals surface area contributed by atoms with Gasteiger partial charge in [-0.15, -0.1) is 0 Å². The molecule has 3 saturated heterocycles. The van der Waals surface area contributed by atoms with Crippen molar-refractivity contribution in [3.8, 4) is 0 Å². The highest BCUT2D eigenvalue weighted by Gasteiger charge is 2.52. The third kappa shape index (κ3) is 25.6. The van der Waals surface area contributed by atoms with Crippen LogP contribution in [0.25, 0.3) is 0 Å². The van der Waals surface area contributed by atoms with Crippen molar-refractivity contribution in [2.24, 2.45) is 17.6 Å². The Bertz CT molecular complexity index is 3650. The number of amides is 4. The van der Waals surface area contributed by atoms with Gasteiger partial charge in [-0.05, 0) is 76.1 Å². The summed E-state index contributed by atoms with van der Waals surface area (Å²) in [5.74, 6) is -5.11. The zero-order valence-corrected chi connectivity index (χ0v) is 57.5. The van der Waals surface area contributed by atoms with Crippen LogP contribution >= 0.6 is 0 Å². The molecule has 3 aliphatic heterocycles. The normalized spacial score (nSPS) is 18.9. The number of methoxy groups -OCH3 is 4. The second-order valence-corrected chi connectivity index (χ2v) is 24.7. The Hall–Kier alpha value is -9.52. The molecule has 3 fully saturated rings. The number of Topliss-reactive ketones (excluding diaryl/α,β-unsaturated/α-hetero) is 5. The minimum Gasteiger partial charge on any atom is -0.481 e. The SMILES string of the molecule is COC[C@H](CC(=O)[C@H](COC)NC(=O)c1cc(C)on1)C(=O)N[C@@H](Cc1ccccc1)C(=O)[C@@]1(C)CO1.COC[C@H](CC(=O)[C@H](COC)NC(=O)c1cc(C)on1)C(=O)O.C[C@]1(C(=O)[C@@H](N)Cc2ccccc2)CO1.C[C@]1(C(=O)[C@H](Cc2ccccc2)NC(=O)OCc2ccccc2)CO1. The summed E-state index contributed by atoms with van der Waals surface area (Å²) < 4.78 is 50.6. The molecule has 3 aliphatic rings. The van der Waals surface area contributed by atoms with Crippen LogP contribution in [0.4, 0.5) is 4.79 Å². The van der Waals surface area contributed by atoms with Crippen molar-refractivity contribution in [1.82, 2.24) is 31.6 Å². The first-order chi connectivity index (χ1) is 47.7. The Balaban J connectivity index is 0.000000220. The number of carboxylic acid groups (broad SMARTS) is 1. The van der Waals surface area contributed by atoms with Gasteiger partial charge in [-0.3, -0.25) is 43.2 Å². The highest BCUT2D eigenvalue weighted by atomic mass is 16.6. The van der Waals surface area contributed by atoms with Gasteiger partial charge in [-0.25, -0.2) is 4.79 Å². The Labute approximate surface area is 579 Å². The highest BCUT2D eigenvalue weighted by molar-refractivity contribution is 6.00. The third-order valence-electron chi connectivity index (χ3n) is 16.1. The smallest absolute Gasteiger partial charge is 0.408 e. The summed E-state index contributed by atoms with van der Waals surface area (Å²) in [6.07, 6.45) is 0.124. The summed E-state index contributed by atoms with van der Waals surface area (Å²) >= 11 is 0. The number of benzene rings is 4. The van der Waals surface area contributed by atoms with E-state index in [1.807, 2.05) is 121 Å². The van der Waals surface area contributed by atoms with Gasteiger partial charge in [0.2, 0.25) is 5.91 Å². The number of aryl methyl sites for hydroxylation is 2. The molecule has 0 saturated carbocycles. The molecule has 100 heavy (non-hydrogen) atoms. The quantitative estimate of drug-likeness (QED) is 0.0286. The van der Waals surface area contributed by atoms with Gasteiger partial charge in [0.05, 0.1) is 76.2 Å². The first-order valence-corrected chi connectivity index (χ1v) is 32.2. The standard InChI is InChI=1S/C26H33N3O8.C20H21NO4.C14H20N2O7.C12H15NO2/c1-16-10-20(29-37-16)25(33)28-21(14-35-4)22(30)12-18(13-34-3)24(32)27-19(23(31)26(2)15-36-26)11-17-8-6-5-7-9-17;1-20(14-25-20)18(22)17(12-15-8-4-2-5-9-15)21-19(23)24-13-16-10-6-3-7-11-16;1-8-4-10(16-23-8)13(18)15-11(7-22-3)12(17)5-9(6-21-2)14(19)20;1-12(8-15-12)11(14)10(13)7-9-5-3-2-4-6-9/h5-10,18-19,21H,11-15H2,1-4H3,(H,27,32)(H,28,33);2-11,17H,12-14H2,1H3,(H,21,23);4,9,11H,5-7H2,1-3H3,(H,15,18)(H,19,20);2-6,10H,7-8,13H2,1H3/t18-,19-,21-,26+;17-,20+;9-,11-;10-,12+/m0000/s1. The van der Waals surface area contributed by atoms with Crippen molar-refractivity contribution in [2.75, 3.05) is 74.7 Å². The van der Waals surface area contributed by atoms with Crippen LogP contribution < -0.4 is 27.0 Å². The number of nitrogens with two attached hydrogens (primary N) is 1. The summed E-state index contributed by atoms with van der Waals surface area (Å²) in [5, 5.41) is 26.8. The lowest BCUT2D eigenvalue weighted by Gasteiger charge is -2.24. The number of alkyl carbamates (subject to hydrolysis) is 1. The molecule has 0 bridgehead atoms. The minimum atomic E-state index is -1.14. The summed E-state index contributed by atoms with van der Waals surface area (Å²) in [5.41, 5.74) is 7.37. The molecule has 6 aromatic rings. The summed E-state index contributed by atoms with van der Waals surface area (Å²) in [4.78, 5) is 124. The number of ketones is 5. The molecule has 10 atom stereocenters. The van der Waals surface area contributed by atoms with Crippen molar-refractivity contribution >= 4 is 58.7 Å². The lowest BCUT2D eigenvalue weighted by atomic mass is 9.93. The van der Waals surface area contributed by atoms with Crippen molar-refractivity contribution in [1.29, 1.82) is 0 Å². The van der Waals surface area contributed by atoms with Gasteiger partial charge < -0.3 is 79.0 Å². The number of carbonyl (C=O) groups excluding carboxylic acids is 9. The number of aliphatic carboxylic acids is 1. The number of carbonyl (C=O) groups is 10. The number of hydrogen-bond acceptors (Lipinski definition) is 23. The maximum atomic E-state index is 13.3. The molecule has 7 N–H and O–H groups in total. The van der Waals surface area contributed by atoms with Gasteiger partial charge in [0.15, 0.2) is 40.3 Å². The molecule has 4 aromatic carbocycles. The second-order valence-electron chi connectivity index (χ2n) is 24.7. The molecular weight excluding hydrogens is 1300 g/mol. The van der Waals surface area contributed by atoms with E-state index in [1.54, 1.807) is 34.6 Å². The average molecular weight is 1390 g/mol. The molecule has 0 aliphatic carbocycles. The topological polar surface area (TPSA) is 401 Å². The third-order valence-corrected chi connectivity index (χ3v) is 16.1. The van der Waals surface area contributed by atoms with Crippen LogP contribution in [-0.4, -0.2) is 196 Å². The first kappa shape index (κ1) is 79.5. The Morgan fingerprint density at radius 3 is 1.19 bits per heavy atom. The number of epoxide rings is 3. The fourth-order valence-corrected chi connectivity index (χ4v) is 9.95. The molecular formula is C72H89N7O21. The summed E-state index contributed by atoms with van der Waals surface area (Å²) in [6, 6.07) is 36.9. The molecule has 0 radical (unpaired) electrons. The summed E-state index contributed by atoms with van der Waals surface area (Å²) in [6.45, 7) is 9.48. The van der Waals surface area contributed by atoms with Crippen molar-refractivity contribution in [3.63, 3.8) is 0 Å². The van der Waals surface area contributed by atoms with E-state index < -0.39 is 100 Å². The van der Waals surface area contributed by atoms with Crippen LogP contribution in [-0.2, 0) is 97.3 Å².